The molecule has 4 N–H and O–H groups in total. The van der Waals surface area contributed by atoms with Gasteiger partial charge in [0.2, 0.25) is 0 Å². The lowest BCUT2D eigenvalue weighted by atomic mass is 10.1. The number of methoxy groups -OCH3 is 1. The van der Waals surface area contributed by atoms with Crippen LogP contribution in [0.15, 0.2) is 42.5 Å². The molecule has 5 nitrogen and oxygen atoms in total. The molecular formula is C15H16N2O3. The fourth-order valence-electron chi connectivity index (χ4n) is 1.81. The van der Waals surface area contributed by atoms with E-state index < -0.39 is 5.97 Å². The number of para-hydroxylation sites is 1. The highest BCUT2D eigenvalue weighted by molar-refractivity contribution is 5.95. The van der Waals surface area contributed by atoms with Crippen molar-refractivity contribution in [3.05, 3.63) is 53.6 Å². The second-order valence-corrected chi connectivity index (χ2v) is 4.23. The van der Waals surface area contributed by atoms with Gasteiger partial charge in [0.05, 0.1) is 12.7 Å². The molecule has 0 amide bonds. The average Bonchev–Trinajstić information content (AvgIpc) is 2.45. The van der Waals surface area contributed by atoms with Crippen LogP contribution in [-0.2, 0) is 11.3 Å². The second-order valence-electron chi connectivity index (χ2n) is 4.23. The van der Waals surface area contributed by atoms with Crippen LogP contribution in [0, 0.1) is 0 Å². The first-order valence-corrected chi connectivity index (χ1v) is 6.06. The zero-order valence-electron chi connectivity index (χ0n) is 11.1. The van der Waals surface area contributed by atoms with E-state index in [0.29, 0.717) is 22.7 Å². The molecule has 0 bridgehead atoms. The highest BCUT2D eigenvalue weighted by atomic mass is 16.5. The van der Waals surface area contributed by atoms with Gasteiger partial charge < -0.3 is 20.9 Å². The number of nitrogen functional groups attached to an aromatic ring is 2. The maximum atomic E-state index is 12.0. The molecule has 104 valence electrons. The van der Waals surface area contributed by atoms with Gasteiger partial charge in [0.15, 0.2) is 0 Å². The van der Waals surface area contributed by atoms with E-state index in [2.05, 4.69) is 0 Å². The van der Waals surface area contributed by atoms with Crippen molar-refractivity contribution in [3.63, 3.8) is 0 Å². The van der Waals surface area contributed by atoms with E-state index in [1.165, 1.54) is 6.07 Å². The Labute approximate surface area is 117 Å². The van der Waals surface area contributed by atoms with Crippen molar-refractivity contribution in [1.29, 1.82) is 0 Å². The van der Waals surface area contributed by atoms with Crippen molar-refractivity contribution in [1.82, 2.24) is 0 Å². The Morgan fingerprint density at radius 2 is 1.90 bits per heavy atom. The predicted molar refractivity (Wildman–Crippen MR) is 77.4 cm³/mol. The van der Waals surface area contributed by atoms with E-state index in [9.17, 15) is 4.79 Å². The summed E-state index contributed by atoms with van der Waals surface area (Å²) in [5, 5.41) is 0. The summed E-state index contributed by atoms with van der Waals surface area (Å²) in [6, 6.07) is 12.0. The van der Waals surface area contributed by atoms with Crippen molar-refractivity contribution >= 4 is 17.3 Å². The van der Waals surface area contributed by atoms with Gasteiger partial charge in [-0.25, -0.2) is 4.79 Å². The summed E-state index contributed by atoms with van der Waals surface area (Å²) in [5.74, 6) is 0.180. The van der Waals surface area contributed by atoms with E-state index >= 15 is 0 Å². The Morgan fingerprint density at radius 3 is 2.60 bits per heavy atom. The van der Waals surface area contributed by atoms with E-state index in [1.54, 1.807) is 25.3 Å². The highest BCUT2D eigenvalue weighted by Crippen LogP contribution is 2.20. The minimum atomic E-state index is -0.492. The number of nitrogens with two attached hydrogens (primary N) is 2. The Hall–Kier alpha value is -2.69. The van der Waals surface area contributed by atoms with Crippen LogP contribution in [0.2, 0.25) is 0 Å². The third-order valence-electron chi connectivity index (χ3n) is 2.85. The van der Waals surface area contributed by atoms with E-state index in [-0.39, 0.29) is 6.61 Å². The van der Waals surface area contributed by atoms with Gasteiger partial charge in [0.1, 0.15) is 12.4 Å². The second kappa shape index (κ2) is 5.97. The molecule has 0 aliphatic heterocycles. The quantitative estimate of drug-likeness (QED) is 0.658. The molecule has 0 heterocycles. The van der Waals surface area contributed by atoms with Crippen LogP contribution in [0.4, 0.5) is 11.4 Å². The summed E-state index contributed by atoms with van der Waals surface area (Å²) < 4.78 is 10.4. The zero-order chi connectivity index (χ0) is 14.5. The van der Waals surface area contributed by atoms with Crippen molar-refractivity contribution in [2.45, 2.75) is 6.61 Å². The van der Waals surface area contributed by atoms with Crippen LogP contribution in [-0.4, -0.2) is 13.1 Å². The lowest BCUT2D eigenvalue weighted by Crippen LogP contribution is -2.09. The minimum absolute atomic E-state index is 0.118. The minimum Gasteiger partial charge on any atom is -0.496 e. The van der Waals surface area contributed by atoms with Gasteiger partial charge in [-0.05, 0) is 24.3 Å². The lowest BCUT2D eigenvalue weighted by Gasteiger charge is -2.10. The van der Waals surface area contributed by atoms with Crippen LogP contribution >= 0.6 is 0 Å². The number of anilines is 2. The molecule has 0 radical (unpaired) electrons. The number of benzene rings is 2. The number of hydrogen-bond acceptors (Lipinski definition) is 5. The van der Waals surface area contributed by atoms with Gasteiger partial charge in [-0.3, -0.25) is 0 Å². The summed E-state index contributed by atoms with van der Waals surface area (Å²) in [4.78, 5) is 12.0. The zero-order valence-corrected chi connectivity index (χ0v) is 11.1. The van der Waals surface area contributed by atoms with Gasteiger partial charge in [-0.15, -0.1) is 0 Å². The maximum absolute atomic E-state index is 12.0. The molecule has 0 saturated carbocycles. The van der Waals surface area contributed by atoms with Crippen molar-refractivity contribution in [2.24, 2.45) is 0 Å². The Kier molecular flexibility index (Phi) is 4.10. The molecule has 2 rings (SSSR count). The monoisotopic (exact) mass is 272 g/mol. The van der Waals surface area contributed by atoms with Gasteiger partial charge >= 0.3 is 5.97 Å². The number of rotatable bonds is 4. The van der Waals surface area contributed by atoms with Crippen LogP contribution < -0.4 is 16.2 Å². The largest absolute Gasteiger partial charge is 0.496 e. The molecule has 5 heteroatoms. The fourth-order valence-corrected chi connectivity index (χ4v) is 1.81. The van der Waals surface area contributed by atoms with Crippen molar-refractivity contribution < 1.29 is 14.3 Å². The summed E-state index contributed by atoms with van der Waals surface area (Å²) in [7, 11) is 1.57. The van der Waals surface area contributed by atoms with E-state index in [4.69, 9.17) is 20.9 Å². The molecule has 2 aromatic carbocycles. The van der Waals surface area contributed by atoms with Gasteiger partial charge in [0.25, 0.3) is 0 Å². The van der Waals surface area contributed by atoms with Crippen LogP contribution in [0.25, 0.3) is 0 Å². The third-order valence-corrected chi connectivity index (χ3v) is 2.85. The van der Waals surface area contributed by atoms with Crippen LogP contribution in [0.5, 0.6) is 5.75 Å². The number of carbonyl (C=O) groups excluding carboxylic acids is 1. The summed E-state index contributed by atoms with van der Waals surface area (Å²) in [6.45, 7) is 0.118. The Balaban J connectivity index is 2.09. The molecule has 0 aliphatic rings. The molecule has 0 unspecified atom stereocenters. The SMILES string of the molecule is COc1ccccc1COC(=O)c1ccc(N)cc1N. The highest BCUT2D eigenvalue weighted by Gasteiger charge is 2.12. The molecule has 20 heavy (non-hydrogen) atoms. The molecule has 0 spiro atoms. The topological polar surface area (TPSA) is 87.6 Å². The van der Waals surface area contributed by atoms with Gasteiger partial charge in [-0.1, -0.05) is 18.2 Å². The first-order chi connectivity index (χ1) is 9.61. The molecule has 0 aliphatic carbocycles. The first kappa shape index (κ1) is 13.7. The van der Waals surface area contributed by atoms with E-state index in [1.807, 2.05) is 18.2 Å². The third kappa shape index (κ3) is 3.00. The number of ether oxygens (including phenoxy) is 2. The number of esters is 1. The molecule has 0 aromatic heterocycles. The maximum Gasteiger partial charge on any atom is 0.340 e. The van der Waals surface area contributed by atoms with Crippen molar-refractivity contribution in [2.75, 3.05) is 18.6 Å². The summed E-state index contributed by atoms with van der Waals surface area (Å²) >= 11 is 0. The standard InChI is InChI=1S/C15H16N2O3/c1-19-14-5-3-2-4-10(14)9-20-15(18)12-7-6-11(16)8-13(12)17/h2-8H,9,16-17H2,1H3. The molecular weight excluding hydrogens is 256 g/mol. The molecule has 2 aromatic rings. The lowest BCUT2D eigenvalue weighted by molar-refractivity contribution is 0.0471. The fraction of sp³-hybridized carbons (Fsp3) is 0.133. The van der Waals surface area contributed by atoms with Crippen LogP contribution in [0.3, 0.4) is 0 Å². The predicted octanol–water partition coefficient (Wildman–Crippen LogP) is 2.22. The number of hydrogen-bond donors (Lipinski definition) is 2. The number of carbonyl (C=O) groups is 1. The van der Waals surface area contributed by atoms with Gasteiger partial charge in [0, 0.05) is 16.9 Å². The van der Waals surface area contributed by atoms with E-state index in [0.717, 1.165) is 5.56 Å². The molecule has 0 fully saturated rings. The molecule has 0 saturated heterocycles. The summed E-state index contributed by atoms with van der Waals surface area (Å²) in [6.07, 6.45) is 0. The van der Waals surface area contributed by atoms with Crippen LogP contribution in [0.1, 0.15) is 15.9 Å². The smallest absolute Gasteiger partial charge is 0.340 e. The van der Waals surface area contributed by atoms with Gasteiger partial charge in [-0.2, -0.15) is 0 Å². The first-order valence-electron chi connectivity index (χ1n) is 6.06. The molecule has 0 atom stereocenters. The Bertz CT molecular complexity index is 626. The average molecular weight is 272 g/mol. The summed E-state index contributed by atoms with van der Waals surface area (Å²) in [5.41, 5.74) is 13.2. The normalized spacial score (nSPS) is 10.1. The van der Waals surface area contributed by atoms with Crippen molar-refractivity contribution in [3.8, 4) is 5.75 Å². The Morgan fingerprint density at radius 1 is 1.15 bits per heavy atom.